The topological polar surface area (TPSA) is 51.5 Å². The second kappa shape index (κ2) is 9.88. The molecule has 0 atom stereocenters. The smallest absolute Gasteiger partial charge is 0.165 e. The normalized spacial score (nSPS) is 12.8. The predicted molar refractivity (Wildman–Crippen MR) is 126 cm³/mol. The molecule has 162 valence electrons. The van der Waals surface area contributed by atoms with Crippen molar-refractivity contribution in [3.8, 4) is 16.9 Å². The van der Waals surface area contributed by atoms with Crippen LogP contribution in [0.1, 0.15) is 57.2 Å². The molecule has 2 aromatic heterocycles. The molecule has 4 rings (SSSR count). The molecule has 1 aliphatic carbocycles. The summed E-state index contributed by atoms with van der Waals surface area (Å²) in [5.74, 6) is 1.86. The zero-order valence-electron chi connectivity index (χ0n) is 17.9. The van der Waals surface area contributed by atoms with Crippen LogP contribution in [0.15, 0.2) is 24.4 Å². The van der Waals surface area contributed by atoms with E-state index >= 15 is 0 Å². The lowest BCUT2D eigenvalue weighted by molar-refractivity contribution is 0.415. The molecule has 0 aliphatic heterocycles. The molecule has 1 N–H and O–H groups in total. The van der Waals surface area contributed by atoms with Gasteiger partial charge in [0.1, 0.15) is 11.6 Å². The van der Waals surface area contributed by atoms with Gasteiger partial charge in [0.25, 0.3) is 0 Å². The maximum absolute atomic E-state index is 6.56. The molecule has 0 spiro atoms. The third-order valence-corrected chi connectivity index (χ3v) is 6.07. The number of aromatic nitrogens is 3. The van der Waals surface area contributed by atoms with Crippen LogP contribution < -0.4 is 10.1 Å². The van der Waals surface area contributed by atoms with Crippen LogP contribution in [0, 0.1) is 0 Å². The Morgan fingerprint density at radius 1 is 1.17 bits per heavy atom. The van der Waals surface area contributed by atoms with E-state index in [-0.39, 0.29) is 12.4 Å². The zero-order chi connectivity index (χ0) is 20.4. The summed E-state index contributed by atoms with van der Waals surface area (Å²) in [6.45, 7) is 4.49. The molecule has 1 aliphatic rings. The molecule has 0 fully saturated rings. The van der Waals surface area contributed by atoms with Crippen LogP contribution in [0.2, 0.25) is 5.02 Å². The first-order valence-corrected chi connectivity index (χ1v) is 11.0. The minimum Gasteiger partial charge on any atom is -0.497 e. The number of methoxy groups -OCH3 is 1. The van der Waals surface area contributed by atoms with Crippen LogP contribution in [0.5, 0.6) is 5.75 Å². The lowest BCUT2D eigenvalue weighted by Crippen LogP contribution is -2.22. The van der Waals surface area contributed by atoms with Gasteiger partial charge in [0.2, 0.25) is 0 Å². The maximum atomic E-state index is 6.56. The van der Waals surface area contributed by atoms with Gasteiger partial charge in [0, 0.05) is 28.4 Å². The second-order valence-electron chi connectivity index (χ2n) is 7.80. The number of anilines is 1. The van der Waals surface area contributed by atoms with Crippen molar-refractivity contribution in [2.75, 3.05) is 12.4 Å². The van der Waals surface area contributed by atoms with E-state index in [1.807, 2.05) is 28.9 Å². The quantitative estimate of drug-likeness (QED) is 0.435. The van der Waals surface area contributed by atoms with Gasteiger partial charge in [-0.05, 0) is 50.3 Å². The van der Waals surface area contributed by atoms with Gasteiger partial charge in [-0.25, -0.2) is 4.98 Å². The van der Waals surface area contributed by atoms with E-state index < -0.39 is 0 Å². The van der Waals surface area contributed by atoms with Crippen molar-refractivity contribution in [1.82, 2.24) is 14.6 Å². The highest BCUT2D eigenvalue weighted by Gasteiger charge is 2.24. The molecule has 0 unspecified atom stereocenters. The summed E-state index contributed by atoms with van der Waals surface area (Å²) < 4.78 is 7.28. The first-order valence-electron chi connectivity index (χ1n) is 10.7. The fraction of sp³-hybridized carbons (Fsp3) is 0.478. The van der Waals surface area contributed by atoms with Crippen molar-refractivity contribution in [2.24, 2.45) is 0 Å². The number of hydrogen-bond donors (Lipinski definition) is 1. The molecule has 0 amide bonds. The number of benzene rings is 1. The van der Waals surface area contributed by atoms with E-state index in [0.717, 1.165) is 60.4 Å². The van der Waals surface area contributed by atoms with E-state index in [9.17, 15) is 0 Å². The Morgan fingerprint density at radius 3 is 2.60 bits per heavy atom. The number of fused-ring (bicyclic) bond motifs is 2. The molecular weight excluding hydrogens is 419 g/mol. The maximum Gasteiger partial charge on any atom is 0.165 e. The van der Waals surface area contributed by atoms with E-state index in [1.165, 1.54) is 24.1 Å². The lowest BCUT2D eigenvalue weighted by atomic mass is 10.1. The highest BCUT2D eigenvalue weighted by molar-refractivity contribution is 6.33. The zero-order valence-corrected chi connectivity index (χ0v) is 19.4. The van der Waals surface area contributed by atoms with Crippen molar-refractivity contribution in [3.05, 3.63) is 40.7 Å². The molecule has 1 aromatic carbocycles. The first kappa shape index (κ1) is 22.7. The fourth-order valence-corrected chi connectivity index (χ4v) is 4.61. The van der Waals surface area contributed by atoms with Crippen molar-refractivity contribution >= 4 is 35.5 Å². The molecule has 7 heteroatoms. The number of ether oxygens (including phenoxy) is 1. The lowest BCUT2D eigenvalue weighted by Gasteiger charge is -2.21. The molecule has 3 aromatic rings. The SMILES string of the molecule is CCCC(CCC)Nc1c2c(nc3c(-c4ccc(OC)cc4Cl)cnn13)CCC2.Cl. The van der Waals surface area contributed by atoms with Crippen molar-refractivity contribution in [1.29, 1.82) is 0 Å². The Bertz CT molecular complexity index is 1010. The average molecular weight is 449 g/mol. The van der Waals surface area contributed by atoms with Gasteiger partial charge >= 0.3 is 0 Å². The monoisotopic (exact) mass is 448 g/mol. The largest absolute Gasteiger partial charge is 0.497 e. The highest BCUT2D eigenvalue weighted by atomic mass is 35.5. The molecule has 0 radical (unpaired) electrons. The van der Waals surface area contributed by atoms with Gasteiger partial charge in [0.15, 0.2) is 5.65 Å². The standard InChI is InChI=1S/C23H29ClN4O.ClH/c1-4-7-15(8-5-2)26-22-18-9-6-10-21(18)27-23-19(14-25-28(22)23)17-12-11-16(29-3)13-20(17)24;/h11-15,26H,4-10H2,1-3H3;1H. The Labute approximate surface area is 189 Å². The Kier molecular flexibility index (Phi) is 7.48. The number of rotatable bonds is 8. The summed E-state index contributed by atoms with van der Waals surface area (Å²) in [7, 11) is 1.65. The summed E-state index contributed by atoms with van der Waals surface area (Å²) in [6.07, 6.45) is 9.76. The summed E-state index contributed by atoms with van der Waals surface area (Å²) in [4.78, 5) is 5.01. The van der Waals surface area contributed by atoms with Crippen molar-refractivity contribution in [2.45, 2.75) is 64.8 Å². The van der Waals surface area contributed by atoms with Gasteiger partial charge in [-0.1, -0.05) is 38.3 Å². The molecular formula is C23H30Cl2N4O. The molecule has 0 bridgehead atoms. The Balaban J connectivity index is 0.00000256. The van der Waals surface area contributed by atoms with Gasteiger partial charge in [-0.3, -0.25) is 0 Å². The molecule has 5 nitrogen and oxygen atoms in total. The van der Waals surface area contributed by atoms with Gasteiger partial charge in [-0.15, -0.1) is 12.4 Å². The average Bonchev–Trinajstić information content (AvgIpc) is 3.35. The fourth-order valence-electron chi connectivity index (χ4n) is 4.33. The number of nitrogens with zero attached hydrogens (tertiary/aromatic N) is 3. The molecule has 30 heavy (non-hydrogen) atoms. The van der Waals surface area contributed by atoms with Crippen LogP contribution in [-0.2, 0) is 12.8 Å². The third kappa shape index (κ3) is 4.23. The van der Waals surface area contributed by atoms with E-state index in [0.29, 0.717) is 11.1 Å². The van der Waals surface area contributed by atoms with Gasteiger partial charge in [-0.2, -0.15) is 9.61 Å². The van der Waals surface area contributed by atoms with Crippen LogP contribution in [-0.4, -0.2) is 27.7 Å². The van der Waals surface area contributed by atoms with Gasteiger partial charge in [0.05, 0.1) is 18.3 Å². The van der Waals surface area contributed by atoms with Gasteiger partial charge < -0.3 is 10.1 Å². The first-order chi connectivity index (χ1) is 14.2. The minimum atomic E-state index is 0. The van der Waals surface area contributed by atoms with Crippen molar-refractivity contribution in [3.63, 3.8) is 0 Å². The summed E-state index contributed by atoms with van der Waals surface area (Å²) in [6, 6.07) is 6.20. The number of aryl methyl sites for hydroxylation is 1. The summed E-state index contributed by atoms with van der Waals surface area (Å²) in [5, 5.41) is 9.20. The number of nitrogens with one attached hydrogen (secondary N) is 1. The van der Waals surface area contributed by atoms with E-state index in [2.05, 4.69) is 19.2 Å². The van der Waals surface area contributed by atoms with Crippen LogP contribution >= 0.6 is 24.0 Å². The Morgan fingerprint density at radius 2 is 1.93 bits per heavy atom. The van der Waals surface area contributed by atoms with Crippen LogP contribution in [0.3, 0.4) is 0 Å². The van der Waals surface area contributed by atoms with Crippen molar-refractivity contribution < 1.29 is 4.74 Å². The molecule has 0 saturated carbocycles. The van der Waals surface area contributed by atoms with Crippen LogP contribution in [0.4, 0.5) is 5.82 Å². The second-order valence-corrected chi connectivity index (χ2v) is 8.20. The Hall–Kier alpha value is -1.98. The third-order valence-electron chi connectivity index (χ3n) is 5.75. The number of halogens is 2. The van der Waals surface area contributed by atoms with E-state index in [1.54, 1.807) is 7.11 Å². The predicted octanol–water partition coefficient (Wildman–Crippen LogP) is 6.35. The number of hydrogen-bond acceptors (Lipinski definition) is 4. The minimum absolute atomic E-state index is 0. The highest BCUT2D eigenvalue weighted by Crippen LogP contribution is 2.36. The summed E-state index contributed by atoms with van der Waals surface area (Å²) in [5.41, 5.74) is 5.27. The van der Waals surface area contributed by atoms with Crippen LogP contribution in [0.25, 0.3) is 16.8 Å². The van der Waals surface area contributed by atoms with E-state index in [4.69, 9.17) is 26.4 Å². The molecule has 2 heterocycles. The summed E-state index contributed by atoms with van der Waals surface area (Å²) >= 11 is 6.56. The molecule has 0 saturated heterocycles.